The normalized spacial score (nSPS) is 11.5. The van der Waals surface area contributed by atoms with Crippen molar-refractivity contribution in [3.8, 4) is 17.2 Å². The molecule has 0 bridgehead atoms. The van der Waals surface area contributed by atoms with Crippen LogP contribution >= 0.6 is 0 Å². The van der Waals surface area contributed by atoms with Gasteiger partial charge in [-0.2, -0.15) is 27.5 Å². The van der Waals surface area contributed by atoms with Crippen LogP contribution in [0.3, 0.4) is 0 Å². The van der Waals surface area contributed by atoms with Crippen molar-refractivity contribution in [2.45, 2.75) is 24.0 Å². The van der Waals surface area contributed by atoms with E-state index < -0.39 is 20.4 Å². The Bertz CT molecular complexity index is 3070. The Hall–Kier alpha value is -5.65. The quantitative estimate of drug-likeness (QED) is 0.0206. The third-order valence-electron chi connectivity index (χ3n) is 11.4. The summed E-state index contributed by atoms with van der Waals surface area (Å²) in [7, 11) is -5.26. The van der Waals surface area contributed by atoms with Crippen LogP contribution in [0.4, 0.5) is 22.7 Å². The maximum atomic E-state index is 13.3. The number of aryl methyl sites for hydroxylation is 1. The largest absolute Gasteiger partial charge is 1.00 e. The molecule has 0 radical (unpaired) electrons. The van der Waals surface area contributed by atoms with E-state index in [0.29, 0.717) is 165 Å². The monoisotopic (exact) mass is 1200 g/mol. The summed E-state index contributed by atoms with van der Waals surface area (Å²) >= 11 is 0. The molecule has 22 nitrogen and oxygen atoms in total. The van der Waals surface area contributed by atoms with Crippen molar-refractivity contribution in [1.82, 2.24) is 0 Å². The number of aliphatic hydroxyl groups excluding tert-OH is 1. The van der Waals surface area contributed by atoms with Crippen LogP contribution in [0.25, 0.3) is 10.8 Å². The number of nitrogens with zero attached hydrogens (tertiary/aromatic N) is 4. The molecular weight excluding hydrogens is 1130 g/mol. The smallest absolute Gasteiger partial charge is 0.563 e. The second-order valence-electron chi connectivity index (χ2n) is 17.5. The van der Waals surface area contributed by atoms with Gasteiger partial charge in [-0.1, -0.05) is 65.5 Å². The fraction of sp³-hybridized carbons (Fsp3) is 0.414. The molecule has 6 aromatic rings. The first-order chi connectivity index (χ1) is 39.9. The molecule has 2 N–H and O–H groups in total. The van der Waals surface area contributed by atoms with Crippen LogP contribution in [0.1, 0.15) is 22.3 Å². The number of aliphatic hydroxyl groups is 1. The van der Waals surface area contributed by atoms with E-state index in [4.69, 9.17) is 69.8 Å². The third-order valence-corrected chi connectivity index (χ3v) is 13.1. The molecular formula is C58H71N4NaO18S2. The van der Waals surface area contributed by atoms with Gasteiger partial charge in [0, 0.05) is 17.5 Å². The number of ether oxygens (including phenoxy) is 11. The molecule has 0 aliphatic carbocycles. The van der Waals surface area contributed by atoms with E-state index >= 15 is 0 Å². The van der Waals surface area contributed by atoms with Gasteiger partial charge in [0.15, 0.2) is 9.84 Å². The van der Waals surface area contributed by atoms with E-state index in [2.05, 4.69) is 38.7 Å². The molecule has 0 saturated heterocycles. The molecule has 0 heterocycles. The number of rotatable bonds is 40. The number of hydrogen-bond acceptors (Lipinski definition) is 22. The zero-order valence-corrected chi connectivity index (χ0v) is 50.7. The van der Waals surface area contributed by atoms with E-state index in [9.17, 15) is 13.5 Å². The fourth-order valence-electron chi connectivity index (χ4n) is 7.38. The topological polar surface area (TPSA) is 277 Å². The van der Waals surface area contributed by atoms with Crippen LogP contribution in [0.15, 0.2) is 141 Å². The summed E-state index contributed by atoms with van der Waals surface area (Å²) in [6.07, 6.45) is 0.775. The summed E-state index contributed by atoms with van der Waals surface area (Å²) in [5.41, 5.74) is 5.27. The minimum Gasteiger partial charge on any atom is -0.563 e. The third kappa shape index (κ3) is 28.2. The second kappa shape index (κ2) is 41.4. The number of phenolic OH excluding ortho intramolecular Hbond substituents is 1. The van der Waals surface area contributed by atoms with Crippen molar-refractivity contribution in [3.63, 3.8) is 0 Å². The van der Waals surface area contributed by atoms with Crippen molar-refractivity contribution >= 4 is 54.0 Å². The number of azo groups is 2. The molecule has 0 amide bonds. The van der Waals surface area contributed by atoms with Crippen molar-refractivity contribution in [2.75, 3.05) is 139 Å². The molecule has 25 heteroatoms. The maximum absolute atomic E-state index is 13.3. The van der Waals surface area contributed by atoms with Gasteiger partial charge in [0.25, 0.3) is 0 Å². The molecule has 0 unspecified atom stereocenters. The van der Waals surface area contributed by atoms with Crippen LogP contribution in [0, 0.1) is 13.0 Å². The Morgan fingerprint density at radius 3 is 1.52 bits per heavy atom. The second-order valence-corrected chi connectivity index (χ2v) is 19.9. The van der Waals surface area contributed by atoms with E-state index in [1.165, 1.54) is 24.8 Å². The number of hydrogen-bond donors (Lipinski definition) is 2. The van der Waals surface area contributed by atoms with Crippen molar-refractivity contribution in [1.29, 1.82) is 0 Å². The Labute approximate surface area is 508 Å². The Kier molecular flexibility index (Phi) is 34.8. The van der Waals surface area contributed by atoms with Crippen molar-refractivity contribution in [2.24, 2.45) is 20.5 Å². The average Bonchev–Trinajstić information content (AvgIpc) is 3.66. The van der Waals surface area contributed by atoms with Gasteiger partial charge < -0.3 is 62.3 Å². The van der Waals surface area contributed by atoms with Crippen LogP contribution in [-0.2, 0) is 75.3 Å². The van der Waals surface area contributed by atoms with Gasteiger partial charge in [-0.25, -0.2) is 8.42 Å². The van der Waals surface area contributed by atoms with Gasteiger partial charge in [-0.05, 0) is 72.5 Å². The summed E-state index contributed by atoms with van der Waals surface area (Å²) < 4.78 is 112. The maximum Gasteiger partial charge on any atom is 1.00 e. The number of sulfone groups is 1. The fourth-order valence-corrected chi connectivity index (χ4v) is 8.73. The zero-order chi connectivity index (χ0) is 58.5. The molecule has 0 aliphatic rings. The molecule has 0 aliphatic heterocycles. The molecule has 444 valence electrons. The van der Waals surface area contributed by atoms with Crippen molar-refractivity contribution in [3.05, 3.63) is 144 Å². The standard InChI is InChI=1S/C58H71N4O15S.Na.O3S/c1-45-40-56(62-60-54-19-11-49-42-48(10-18-53(49)58(54)64)41-46-6-4-3-5-7-46)57(67-2)43-55(45)61-59-50-12-16-52(17-13-50)78(65,66)44-47-8-14-51(15-9-47)77-39-38-76-37-36-75-35-34-74-33-32-73-31-30-72-29-28-71-27-26-70-25-24-69-23-22-68-21-20-63;;1-4(2)3/h3-18,40,42-43,63-64H,20-39,41,44H2,1-2H3;;/q-1;+1;. The molecule has 0 aromatic heterocycles. The minimum atomic E-state index is -3.66. The molecule has 6 aromatic carbocycles. The first-order valence-corrected chi connectivity index (χ1v) is 28.9. The van der Waals surface area contributed by atoms with E-state index in [1.807, 2.05) is 43.3 Å². The van der Waals surface area contributed by atoms with E-state index in [0.717, 1.165) is 22.9 Å². The summed E-state index contributed by atoms with van der Waals surface area (Å²) in [5, 5.41) is 38.6. The van der Waals surface area contributed by atoms with Crippen LogP contribution < -0.4 is 39.0 Å². The number of methoxy groups -OCH3 is 1. The first kappa shape index (κ1) is 69.8. The predicted octanol–water partition coefficient (Wildman–Crippen LogP) is 5.58. The molecule has 0 spiro atoms. The SMILES string of the molecule is COc1cc(N=Nc2ccc(S(=O)(=O)Cc3ccc(OCCOCCOCCOCCOCCOCCOCCOCCOCCOCCO)cc3)cc2)c(C)cc1N=Nc1[c-]cc2cc(Cc3ccccc3)ccc2c1O.O=S(=O)=O.[Na+]. The van der Waals surface area contributed by atoms with Gasteiger partial charge >= 0.3 is 40.2 Å². The van der Waals surface area contributed by atoms with E-state index in [-0.39, 0.29) is 58.2 Å². The van der Waals surface area contributed by atoms with Gasteiger partial charge in [0.05, 0.1) is 155 Å². The molecule has 83 heavy (non-hydrogen) atoms. The van der Waals surface area contributed by atoms with E-state index in [1.54, 1.807) is 54.6 Å². The molecule has 6 rings (SSSR count). The van der Waals surface area contributed by atoms with Crippen LogP contribution in [0.5, 0.6) is 17.2 Å². The number of aromatic hydroxyl groups is 1. The number of phenols is 1. The summed E-state index contributed by atoms with van der Waals surface area (Å²) in [4.78, 5) is 0.157. The Balaban J connectivity index is 0.00000286. The molecule has 0 saturated carbocycles. The first-order valence-electron chi connectivity index (χ1n) is 26.3. The van der Waals surface area contributed by atoms with Crippen LogP contribution in [-0.4, -0.2) is 171 Å². The molecule has 0 atom stereocenters. The summed E-state index contributed by atoms with van der Waals surface area (Å²) in [5.74, 6) is 0.781. The summed E-state index contributed by atoms with van der Waals surface area (Å²) in [6.45, 7) is 10.2. The van der Waals surface area contributed by atoms with Gasteiger partial charge in [-0.3, -0.25) is 0 Å². The van der Waals surface area contributed by atoms with Gasteiger partial charge in [0.2, 0.25) is 0 Å². The predicted molar refractivity (Wildman–Crippen MR) is 303 cm³/mol. The van der Waals surface area contributed by atoms with Crippen LogP contribution in [0.2, 0.25) is 0 Å². The average molecular weight is 1200 g/mol. The van der Waals surface area contributed by atoms with Gasteiger partial charge in [0.1, 0.15) is 23.8 Å². The zero-order valence-electron chi connectivity index (χ0n) is 47.1. The minimum absolute atomic E-state index is 0. The molecule has 0 fully saturated rings. The van der Waals surface area contributed by atoms with Gasteiger partial charge in [-0.15, -0.1) is 29.2 Å². The van der Waals surface area contributed by atoms with Crippen molar-refractivity contribution < 1.29 is 113 Å². The Morgan fingerprint density at radius 1 is 0.530 bits per heavy atom. The number of fused-ring (bicyclic) bond motifs is 1. The Morgan fingerprint density at radius 2 is 1.01 bits per heavy atom. The summed E-state index contributed by atoms with van der Waals surface area (Å²) in [6, 6.07) is 37.5. The number of benzene rings is 6.